The van der Waals surface area contributed by atoms with Crippen molar-refractivity contribution in [2.45, 2.75) is 251 Å². The highest BCUT2D eigenvalue weighted by Gasteiger charge is 2.25. The SMILES string of the molecule is CCCCCCCCCCCCCCCCCCCCCCOCC(COP(=O)(O)OCCN)OC(=O)CCCCCCCCCCCCCCCCC. The van der Waals surface area contributed by atoms with Gasteiger partial charge in [-0.2, -0.15) is 0 Å². The molecule has 0 saturated carbocycles. The third-order valence-corrected chi connectivity index (χ3v) is 11.5. The molecule has 9 heteroatoms. The zero-order chi connectivity index (χ0) is 39.5. The van der Waals surface area contributed by atoms with Crippen molar-refractivity contribution in [3.63, 3.8) is 0 Å². The summed E-state index contributed by atoms with van der Waals surface area (Å²) in [6, 6.07) is 0. The minimum absolute atomic E-state index is 0.0899. The molecule has 3 N–H and O–H groups in total. The molecule has 0 bridgehead atoms. The van der Waals surface area contributed by atoms with Gasteiger partial charge in [-0.3, -0.25) is 13.8 Å². The molecule has 0 saturated heterocycles. The normalized spacial score (nSPS) is 13.3. The van der Waals surface area contributed by atoms with Gasteiger partial charge in [-0.05, 0) is 12.8 Å². The van der Waals surface area contributed by atoms with E-state index in [1.165, 1.54) is 193 Å². The first-order valence-electron chi connectivity index (χ1n) is 23.5. The molecular formula is C45H92NO7P. The van der Waals surface area contributed by atoms with Crippen LogP contribution in [-0.4, -0.2) is 49.9 Å². The summed E-state index contributed by atoms with van der Waals surface area (Å²) in [5.74, 6) is -0.323. The maximum Gasteiger partial charge on any atom is 0.472 e. The van der Waals surface area contributed by atoms with Gasteiger partial charge in [0.1, 0.15) is 6.10 Å². The summed E-state index contributed by atoms with van der Waals surface area (Å²) in [6.07, 6.45) is 45.5. The van der Waals surface area contributed by atoms with Crippen molar-refractivity contribution in [2.75, 3.05) is 33.0 Å². The minimum atomic E-state index is -4.27. The number of esters is 1. The fourth-order valence-electron chi connectivity index (χ4n) is 7.06. The Morgan fingerprint density at radius 1 is 0.481 bits per heavy atom. The Morgan fingerprint density at radius 3 is 1.17 bits per heavy atom. The van der Waals surface area contributed by atoms with E-state index in [0.717, 1.165) is 32.1 Å². The van der Waals surface area contributed by atoms with Gasteiger partial charge in [0.2, 0.25) is 0 Å². The molecule has 0 aliphatic heterocycles. The Kier molecular flexibility index (Phi) is 43.2. The van der Waals surface area contributed by atoms with Crippen LogP contribution in [-0.2, 0) is 27.9 Å². The predicted octanol–water partition coefficient (Wildman–Crippen LogP) is 14.1. The zero-order valence-electron chi connectivity index (χ0n) is 36.0. The lowest BCUT2D eigenvalue weighted by molar-refractivity contribution is -0.154. The van der Waals surface area contributed by atoms with Crippen LogP contribution in [0.5, 0.6) is 0 Å². The second-order valence-corrected chi connectivity index (χ2v) is 17.4. The number of phosphoric acid groups is 1. The summed E-state index contributed by atoms with van der Waals surface area (Å²) >= 11 is 0. The van der Waals surface area contributed by atoms with E-state index in [4.69, 9.17) is 24.3 Å². The van der Waals surface area contributed by atoms with Crippen LogP contribution in [0.1, 0.15) is 245 Å². The molecule has 0 aromatic rings. The van der Waals surface area contributed by atoms with Crippen LogP contribution < -0.4 is 5.73 Å². The Labute approximate surface area is 335 Å². The van der Waals surface area contributed by atoms with Gasteiger partial charge >= 0.3 is 13.8 Å². The van der Waals surface area contributed by atoms with Gasteiger partial charge in [-0.15, -0.1) is 0 Å². The Balaban J connectivity index is 3.91. The smallest absolute Gasteiger partial charge is 0.457 e. The first-order valence-corrected chi connectivity index (χ1v) is 25.0. The first kappa shape index (κ1) is 53.5. The van der Waals surface area contributed by atoms with Crippen molar-refractivity contribution in [3.8, 4) is 0 Å². The van der Waals surface area contributed by atoms with Gasteiger partial charge in [0.15, 0.2) is 0 Å². The molecule has 0 aromatic carbocycles. The van der Waals surface area contributed by atoms with E-state index in [1.807, 2.05) is 0 Å². The van der Waals surface area contributed by atoms with Crippen molar-refractivity contribution in [2.24, 2.45) is 5.73 Å². The fourth-order valence-corrected chi connectivity index (χ4v) is 7.82. The van der Waals surface area contributed by atoms with E-state index in [0.29, 0.717) is 13.0 Å². The number of phosphoric ester groups is 1. The zero-order valence-corrected chi connectivity index (χ0v) is 36.9. The molecule has 0 amide bonds. The van der Waals surface area contributed by atoms with E-state index < -0.39 is 13.9 Å². The lowest BCUT2D eigenvalue weighted by Crippen LogP contribution is -2.28. The largest absolute Gasteiger partial charge is 0.472 e. The van der Waals surface area contributed by atoms with E-state index >= 15 is 0 Å². The lowest BCUT2D eigenvalue weighted by atomic mass is 10.0. The van der Waals surface area contributed by atoms with Crippen LogP contribution in [0.25, 0.3) is 0 Å². The highest BCUT2D eigenvalue weighted by atomic mass is 31.2. The number of carbonyl (C=O) groups excluding carboxylic acids is 1. The van der Waals surface area contributed by atoms with E-state index in [2.05, 4.69) is 13.8 Å². The average molecular weight is 790 g/mol. The van der Waals surface area contributed by atoms with Crippen molar-refractivity contribution in [1.29, 1.82) is 0 Å². The Hall–Kier alpha value is -0.500. The summed E-state index contributed by atoms with van der Waals surface area (Å²) in [6.45, 7) is 4.99. The van der Waals surface area contributed by atoms with Gasteiger partial charge in [-0.25, -0.2) is 4.57 Å². The van der Waals surface area contributed by atoms with Crippen LogP contribution in [0.3, 0.4) is 0 Å². The molecule has 0 aliphatic rings. The highest BCUT2D eigenvalue weighted by Crippen LogP contribution is 2.43. The maximum atomic E-state index is 12.6. The molecule has 0 aromatic heterocycles. The number of nitrogens with two attached hydrogens (primary N) is 1. The number of rotatable bonds is 46. The molecule has 324 valence electrons. The molecule has 0 radical (unpaired) electrons. The number of carbonyl (C=O) groups is 1. The molecule has 54 heavy (non-hydrogen) atoms. The van der Waals surface area contributed by atoms with Gasteiger partial charge in [0, 0.05) is 19.6 Å². The topological polar surface area (TPSA) is 117 Å². The van der Waals surface area contributed by atoms with Crippen LogP contribution in [0.15, 0.2) is 0 Å². The van der Waals surface area contributed by atoms with Crippen molar-refractivity contribution in [3.05, 3.63) is 0 Å². The van der Waals surface area contributed by atoms with Gasteiger partial charge < -0.3 is 20.1 Å². The maximum absolute atomic E-state index is 12.6. The molecule has 0 aliphatic carbocycles. The third kappa shape index (κ3) is 42.6. The summed E-state index contributed by atoms with van der Waals surface area (Å²) < 4.78 is 33.5. The molecule has 0 fully saturated rings. The molecule has 0 rings (SSSR count). The quantitative estimate of drug-likeness (QED) is 0.0356. The Morgan fingerprint density at radius 2 is 0.815 bits per heavy atom. The number of hydrogen-bond donors (Lipinski definition) is 2. The first-order chi connectivity index (χ1) is 26.4. The van der Waals surface area contributed by atoms with Crippen molar-refractivity contribution >= 4 is 13.8 Å². The van der Waals surface area contributed by atoms with E-state index in [-0.39, 0.29) is 32.3 Å². The molecule has 2 unspecified atom stereocenters. The third-order valence-electron chi connectivity index (χ3n) is 10.5. The standard InChI is InChI=1S/C45H92NO7P/c1-3-5-7-9-11-13-15-17-19-20-21-22-23-25-27-29-31-33-35-37-40-50-42-44(43-52-54(48,49)51-41-39-46)53-45(47)38-36-34-32-30-28-26-24-18-16-14-12-10-8-6-4-2/h44H,3-43,46H2,1-2H3,(H,48,49). The van der Waals surface area contributed by atoms with Crippen LogP contribution in [0.2, 0.25) is 0 Å². The molecule has 0 spiro atoms. The second-order valence-electron chi connectivity index (χ2n) is 16.0. The monoisotopic (exact) mass is 790 g/mol. The van der Waals surface area contributed by atoms with Crippen molar-refractivity contribution in [1.82, 2.24) is 0 Å². The highest BCUT2D eigenvalue weighted by molar-refractivity contribution is 7.47. The Bertz CT molecular complexity index is 802. The summed E-state index contributed by atoms with van der Waals surface area (Å²) in [5, 5.41) is 0. The number of unbranched alkanes of at least 4 members (excludes halogenated alkanes) is 33. The molecule has 8 nitrogen and oxygen atoms in total. The van der Waals surface area contributed by atoms with E-state index in [9.17, 15) is 14.3 Å². The summed E-state index contributed by atoms with van der Waals surface area (Å²) in [7, 11) is -4.27. The summed E-state index contributed by atoms with van der Waals surface area (Å²) in [4.78, 5) is 22.5. The van der Waals surface area contributed by atoms with Crippen molar-refractivity contribution < 1.29 is 32.8 Å². The molecular weight excluding hydrogens is 697 g/mol. The lowest BCUT2D eigenvalue weighted by Gasteiger charge is -2.20. The van der Waals surface area contributed by atoms with Crippen LogP contribution in [0, 0.1) is 0 Å². The van der Waals surface area contributed by atoms with Gasteiger partial charge in [0.05, 0.1) is 19.8 Å². The summed E-state index contributed by atoms with van der Waals surface area (Å²) in [5.41, 5.74) is 5.38. The minimum Gasteiger partial charge on any atom is -0.457 e. The number of ether oxygens (including phenoxy) is 2. The van der Waals surface area contributed by atoms with Gasteiger partial charge in [0.25, 0.3) is 0 Å². The van der Waals surface area contributed by atoms with Crippen LogP contribution in [0.4, 0.5) is 0 Å². The fraction of sp³-hybridized carbons (Fsp3) is 0.978. The second kappa shape index (κ2) is 43.6. The molecule has 0 heterocycles. The molecule has 2 atom stereocenters. The van der Waals surface area contributed by atoms with Gasteiger partial charge in [-0.1, -0.05) is 226 Å². The van der Waals surface area contributed by atoms with E-state index in [1.54, 1.807) is 0 Å². The van der Waals surface area contributed by atoms with Crippen LogP contribution >= 0.6 is 7.82 Å². The number of hydrogen-bond acceptors (Lipinski definition) is 7. The predicted molar refractivity (Wildman–Crippen MR) is 229 cm³/mol. The average Bonchev–Trinajstić information content (AvgIpc) is 3.16.